The molecule has 0 aliphatic carbocycles. The van der Waals surface area contributed by atoms with Gasteiger partial charge in [-0.1, -0.05) is 43.2 Å². The van der Waals surface area contributed by atoms with Crippen molar-refractivity contribution in [3.63, 3.8) is 0 Å². The maximum Gasteiger partial charge on any atom is 0.280 e. The molecule has 1 saturated heterocycles. The number of nitrogens with one attached hydrogen (secondary N) is 1. The largest absolute Gasteiger partial charge is 0.280 e. The molecule has 0 bridgehead atoms. The normalized spacial score (nSPS) is 18.2. The summed E-state index contributed by atoms with van der Waals surface area (Å²) in [5.41, 5.74) is 0.936. The summed E-state index contributed by atoms with van der Waals surface area (Å²) in [5, 5.41) is 4.21. The molecular weight excluding hydrogens is 324 g/mol. The molecule has 2 aromatic rings. The number of rotatable bonds is 6. The average Bonchev–Trinajstić information content (AvgIpc) is 2.93. The molecule has 1 fully saturated rings. The van der Waals surface area contributed by atoms with Crippen LogP contribution in [-0.2, 0) is 16.8 Å². The Morgan fingerprint density at radius 1 is 1.04 bits per heavy atom. The molecule has 1 aromatic heterocycles. The van der Waals surface area contributed by atoms with Crippen molar-refractivity contribution in [3.05, 3.63) is 54.4 Å². The van der Waals surface area contributed by atoms with E-state index in [1.807, 2.05) is 42.6 Å². The van der Waals surface area contributed by atoms with Crippen LogP contribution in [0.5, 0.6) is 0 Å². The van der Waals surface area contributed by atoms with Crippen molar-refractivity contribution in [2.24, 2.45) is 0 Å². The van der Waals surface area contributed by atoms with E-state index in [0.29, 0.717) is 19.6 Å². The molecule has 24 heavy (non-hydrogen) atoms. The van der Waals surface area contributed by atoms with E-state index in [0.717, 1.165) is 31.2 Å². The lowest BCUT2D eigenvalue weighted by atomic mass is 10.1. The molecule has 1 aliphatic heterocycles. The van der Waals surface area contributed by atoms with E-state index in [9.17, 15) is 8.42 Å². The zero-order valence-corrected chi connectivity index (χ0v) is 14.5. The summed E-state index contributed by atoms with van der Waals surface area (Å²) in [5.74, 6) is 0. The van der Waals surface area contributed by atoms with Crippen molar-refractivity contribution in [1.82, 2.24) is 18.8 Å². The second kappa shape index (κ2) is 7.92. The lowest BCUT2D eigenvalue weighted by Crippen LogP contribution is -2.43. The Labute approximate surface area is 143 Å². The topological polar surface area (TPSA) is 67.2 Å². The van der Waals surface area contributed by atoms with E-state index in [1.165, 1.54) is 0 Å². The summed E-state index contributed by atoms with van der Waals surface area (Å²) in [7, 11) is -3.51. The number of nitrogens with zero attached hydrogens (tertiary/aromatic N) is 3. The van der Waals surface area contributed by atoms with E-state index in [-0.39, 0.29) is 6.04 Å². The van der Waals surface area contributed by atoms with Crippen molar-refractivity contribution in [1.29, 1.82) is 0 Å². The van der Waals surface area contributed by atoms with Crippen LogP contribution < -0.4 is 4.72 Å². The van der Waals surface area contributed by atoms with Crippen molar-refractivity contribution in [3.8, 4) is 0 Å². The molecule has 1 aromatic carbocycles. The van der Waals surface area contributed by atoms with Gasteiger partial charge in [0.25, 0.3) is 10.2 Å². The van der Waals surface area contributed by atoms with Crippen LogP contribution in [0.1, 0.15) is 37.3 Å². The molecule has 1 unspecified atom stereocenters. The highest BCUT2D eigenvalue weighted by Gasteiger charge is 2.27. The Morgan fingerprint density at radius 2 is 1.75 bits per heavy atom. The molecule has 0 spiro atoms. The summed E-state index contributed by atoms with van der Waals surface area (Å²) >= 11 is 0. The molecule has 0 saturated carbocycles. The van der Waals surface area contributed by atoms with Crippen LogP contribution in [0.25, 0.3) is 0 Å². The van der Waals surface area contributed by atoms with Crippen LogP contribution in [0.2, 0.25) is 0 Å². The van der Waals surface area contributed by atoms with Gasteiger partial charge in [-0.05, 0) is 24.5 Å². The Morgan fingerprint density at radius 3 is 2.38 bits per heavy atom. The highest BCUT2D eigenvalue weighted by atomic mass is 32.2. The number of hydrogen-bond acceptors (Lipinski definition) is 3. The van der Waals surface area contributed by atoms with Crippen LogP contribution in [-0.4, -0.2) is 35.6 Å². The fourth-order valence-corrected chi connectivity index (χ4v) is 4.49. The van der Waals surface area contributed by atoms with E-state index in [2.05, 4.69) is 9.82 Å². The predicted molar refractivity (Wildman–Crippen MR) is 93.5 cm³/mol. The fourth-order valence-electron chi connectivity index (χ4n) is 3.03. The smallest absolute Gasteiger partial charge is 0.271 e. The Bertz CT molecular complexity index is 708. The Hall–Kier alpha value is -1.70. The van der Waals surface area contributed by atoms with Gasteiger partial charge in [0.2, 0.25) is 0 Å². The summed E-state index contributed by atoms with van der Waals surface area (Å²) in [6.07, 6.45) is 7.59. The molecule has 7 heteroatoms. The molecule has 6 nitrogen and oxygen atoms in total. The number of benzene rings is 1. The van der Waals surface area contributed by atoms with E-state index >= 15 is 0 Å². The molecular formula is C17H24N4O2S. The summed E-state index contributed by atoms with van der Waals surface area (Å²) < 4.78 is 31.9. The van der Waals surface area contributed by atoms with Gasteiger partial charge in [0.15, 0.2) is 0 Å². The van der Waals surface area contributed by atoms with Gasteiger partial charge in [0, 0.05) is 25.5 Å². The second-order valence-corrected chi connectivity index (χ2v) is 7.83. The van der Waals surface area contributed by atoms with Gasteiger partial charge in [-0.3, -0.25) is 4.68 Å². The molecule has 0 amide bonds. The molecule has 2 heterocycles. The monoisotopic (exact) mass is 348 g/mol. The number of hydrogen-bond donors (Lipinski definition) is 1. The van der Waals surface area contributed by atoms with Crippen LogP contribution in [0, 0.1) is 0 Å². The van der Waals surface area contributed by atoms with Gasteiger partial charge in [-0.25, -0.2) is 0 Å². The maximum atomic E-state index is 12.8. The maximum absolute atomic E-state index is 12.8. The van der Waals surface area contributed by atoms with Crippen LogP contribution in [0.4, 0.5) is 0 Å². The first-order valence-corrected chi connectivity index (χ1v) is 9.89. The third kappa shape index (κ3) is 4.43. The van der Waals surface area contributed by atoms with E-state index in [1.54, 1.807) is 15.2 Å². The highest BCUT2D eigenvalue weighted by molar-refractivity contribution is 7.87. The van der Waals surface area contributed by atoms with E-state index < -0.39 is 10.2 Å². The zero-order chi connectivity index (χ0) is 16.8. The van der Waals surface area contributed by atoms with Gasteiger partial charge in [-0.15, -0.1) is 0 Å². The molecule has 130 valence electrons. The predicted octanol–water partition coefficient (Wildman–Crippen LogP) is 2.33. The van der Waals surface area contributed by atoms with Crippen LogP contribution in [0.15, 0.2) is 48.8 Å². The van der Waals surface area contributed by atoms with Crippen molar-refractivity contribution >= 4 is 10.2 Å². The molecule has 3 rings (SSSR count). The lowest BCUT2D eigenvalue weighted by Gasteiger charge is -2.25. The molecule has 1 atom stereocenters. The van der Waals surface area contributed by atoms with Gasteiger partial charge in [0.1, 0.15) is 0 Å². The zero-order valence-electron chi connectivity index (χ0n) is 13.7. The first-order chi connectivity index (χ1) is 11.6. The molecule has 0 radical (unpaired) electrons. The van der Waals surface area contributed by atoms with Crippen LogP contribution in [0.3, 0.4) is 0 Å². The third-order valence-electron chi connectivity index (χ3n) is 4.33. The molecule has 1 N–H and O–H groups in total. The fraction of sp³-hybridized carbons (Fsp3) is 0.471. The Balaban J connectivity index is 1.80. The minimum atomic E-state index is -3.51. The minimum absolute atomic E-state index is 0.348. The third-order valence-corrected chi connectivity index (χ3v) is 5.95. The van der Waals surface area contributed by atoms with Crippen molar-refractivity contribution < 1.29 is 8.42 Å². The quantitative estimate of drug-likeness (QED) is 0.871. The standard InChI is InChI=1S/C17H24N4O2S/c22-24(23,21-13-6-1-2-7-14-21)19-17(15-20-12-8-11-18-20)16-9-4-3-5-10-16/h3-5,8-12,17,19H,1-2,6-7,13-15H2. The molecule has 1 aliphatic rings. The average molecular weight is 348 g/mol. The van der Waals surface area contributed by atoms with Gasteiger partial charge < -0.3 is 0 Å². The van der Waals surface area contributed by atoms with Crippen molar-refractivity contribution in [2.45, 2.75) is 38.3 Å². The summed E-state index contributed by atoms with van der Waals surface area (Å²) in [4.78, 5) is 0. The highest BCUT2D eigenvalue weighted by Crippen LogP contribution is 2.19. The number of aromatic nitrogens is 2. The van der Waals surface area contributed by atoms with Gasteiger partial charge >= 0.3 is 0 Å². The van der Waals surface area contributed by atoms with Crippen LogP contribution >= 0.6 is 0 Å². The summed E-state index contributed by atoms with van der Waals surface area (Å²) in [6.45, 7) is 1.65. The van der Waals surface area contributed by atoms with E-state index in [4.69, 9.17) is 0 Å². The minimum Gasteiger partial charge on any atom is -0.271 e. The van der Waals surface area contributed by atoms with Crippen molar-refractivity contribution in [2.75, 3.05) is 13.1 Å². The SMILES string of the molecule is O=S(=O)(NC(Cn1cccn1)c1ccccc1)N1CCCCCC1. The first-order valence-electron chi connectivity index (χ1n) is 8.45. The first kappa shape index (κ1) is 17.1. The second-order valence-electron chi connectivity index (χ2n) is 6.13. The van der Waals surface area contributed by atoms with Gasteiger partial charge in [-0.2, -0.15) is 22.5 Å². The summed E-state index contributed by atoms with van der Waals surface area (Å²) in [6, 6.07) is 11.2. The Kier molecular flexibility index (Phi) is 5.65. The van der Waals surface area contributed by atoms with Gasteiger partial charge in [0.05, 0.1) is 12.6 Å². The lowest BCUT2D eigenvalue weighted by molar-refractivity contribution is 0.398.